The zero-order chi connectivity index (χ0) is 17.9. The van der Waals surface area contributed by atoms with Crippen molar-refractivity contribution in [1.82, 2.24) is 20.2 Å². The molecule has 0 saturated carbocycles. The number of H-pyrrole nitrogens is 1. The summed E-state index contributed by atoms with van der Waals surface area (Å²) >= 11 is 8.49. The molecule has 0 amide bonds. The van der Waals surface area contributed by atoms with Crippen LogP contribution >= 0.6 is 34.7 Å². The summed E-state index contributed by atoms with van der Waals surface area (Å²) in [6, 6.07) is 8.82. The SMILES string of the molecule is O=c1[nH]c(CSc2nnc(COc3ccc(Cl)cc3)o2)nc2ccsc12. The smallest absolute Gasteiger partial charge is 0.277 e. The predicted molar refractivity (Wildman–Crippen MR) is 99.9 cm³/mol. The number of nitrogens with zero attached hydrogens (tertiary/aromatic N) is 3. The Kier molecular flexibility index (Phi) is 4.91. The van der Waals surface area contributed by atoms with Crippen LogP contribution in [0.15, 0.2) is 50.1 Å². The molecule has 0 aliphatic heterocycles. The first kappa shape index (κ1) is 17.1. The van der Waals surface area contributed by atoms with Gasteiger partial charge in [0.25, 0.3) is 16.7 Å². The number of fused-ring (bicyclic) bond motifs is 1. The monoisotopic (exact) mass is 406 g/mol. The van der Waals surface area contributed by atoms with Gasteiger partial charge in [0.1, 0.15) is 16.3 Å². The fourth-order valence-corrected chi connectivity index (χ4v) is 3.65. The number of aromatic nitrogens is 4. The van der Waals surface area contributed by atoms with Gasteiger partial charge in [-0.15, -0.1) is 21.5 Å². The minimum Gasteiger partial charge on any atom is -0.484 e. The van der Waals surface area contributed by atoms with Gasteiger partial charge in [-0.25, -0.2) is 4.98 Å². The molecule has 0 spiro atoms. The van der Waals surface area contributed by atoms with Crippen LogP contribution in [0, 0.1) is 0 Å². The number of hydrogen-bond donors (Lipinski definition) is 1. The van der Waals surface area contributed by atoms with E-state index in [2.05, 4.69) is 20.2 Å². The molecule has 0 fully saturated rings. The van der Waals surface area contributed by atoms with Crippen molar-refractivity contribution in [2.75, 3.05) is 0 Å². The van der Waals surface area contributed by atoms with Crippen LogP contribution in [-0.4, -0.2) is 20.2 Å². The van der Waals surface area contributed by atoms with Gasteiger partial charge in [0.2, 0.25) is 0 Å². The molecule has 1 N–H and O–H groups in total. The summed E-state index contributed by atoms with van der Waals surface area (Å²) in [7, 11) is 0. The molecule has 132 valence electrons. The van der Waals surface area contributed by atoms with Crippen LogP contribution in [-0.2, 0) is 12.4 Å². The Morgan fingerprint density at radius 1 is 1.23 bits per heavy atom. The number of aromatic amines is 1. The van der Waals surface area contributed by atoms with Crippen molar-refractivity contribution in [2.24, 2.45) is 0 Å². The molecule has 0 unspecified atom stereocenters. The summed E-state index contributed by atoms with van der Waals surface area (Å²) in [5, 5.41) is 10.8. The quantitative estimate of drug-likeness (QED) is 0.485. The maximum atomic E-state index is 11.9. The third kappa shape index (κ3) is 3.90. The van der Waals surface area contributed by atoms with E-state index in [1.807, 2.05) is 11.4 Å². The van der Waals surface area contributed by atoms with Crippen LogP contribution in [0.2, 0.25) is 5.02 Å². The highest BCUT2D eigenvalue weighted by Crippen LogP contribution is 2.22. The lowest BCUT2D eigenvalue weighted by molar-refractivity contribution is 0.252. The minimum atomic E-state index is -0.136. The minimum absolute atomic E-state index is 0.136. The molecular formula is C16H11ClN4O3S2. The average Bonchev–Trinajstić information content (AvgIpc) is 3.29. The predicted octanol–water partition coefficient (Wildman–Crippen LogP) is 3.89. The van der Waals surface area contributed by atoms with E-state index < -0.39 is 0 Å². The Morgan fingerprint density at radius 3 is 2.92 bits per heavy atom. The van der Waals surface area contributed by atoms with Crippen LogP contribution in [0.5, 0.6) is 5.75 Å². The number of benzene rings is 1. The van der Waals surface area contributed by atoms with E-state index in [0.717, 1.165) is 0 Å². The largest absolute Gasteiger partial charge is 0.484 e. The molecular weight excluding hydrogens is 396 g/mol. The van der Waals surface area contributed by atoms with E-state index in [1.54, 1.807) is 24.3 Å². The summed E-state index contributed by atoms with van der Waals surface area (Å²) in [5.41, 5.74) is 0.556. The van der Waals surface area contributed by atoms with Crippen molar-refractivity contribution in [1.29, 1.82) is 0 Å². The zero-order valence-corrected chi connectivity index (χ0v) is 15.5. The van der Waals surface area contributed by atoms with Crippen LogP contribution in [0.1, 0.15) is 11.7 Å². The number of nitrogens with one attached hydrogen (secondary N) is 1. The molecule has 0 saturated heterocycles. The number of ether oxygens (including phenoxy) is 1. The molecule has 26 heavy (non-hydrogen) atoms. The van der Waals surface area contributed by atoms with Gasteiger partial charge in [0.05, 0.1) is 11.3 Å². The van der Waals surface area contributed by atoms with E-state index in [4.69, 9.17) is 20.8 Å². The maximum Gasteiger partial charge on any atom is 0.277 e. The molecule has 7 nitrogen and oxygen atoms in total. The highest BCUT2D eigenvalue weighted by atomic mass is 35.5. The first-order valence-electron chi connectivity index (χ1n) is 7.47. The molecule has 0 radical (unpaired) electrons. The standard InChI is InChI=1S/C16H11ClN4O3S2/c17-9-1-3-10(4-2-9)23-7-13-20-21-16(24-13)26-8-12-18-11-5-6-25-14(11)15(22)19-12/h1-6H,7-8H2,(H,18,19,22). The summed E-state index contributed by atoms with van der Waals surface area (Å²) in [4.78, 5) is 19.1. The van der Waals surface area contributed by atoms with Gasteiger partial charge in [-0.2, -0.15) is 0 Å². The first-order chi connectivity index (χ1) is 12.7. The van der Waals surface area contributed by atoms with Gasteiger partial charge in [-0.05, 0) is 35.7 Å². The topological polar surface area (TPSA) is 93.9 Å². The molecule has 1 aromatic carbocycles. The Labute approximate surface area is 160 Å². The molecule has 10 heteroatoms. The molecule has 0 aliphatic rings. The lowest BCUT2D eigenvalue weighted by Gasteiger charge is -2.02. The van der Waals surface area contributed by atoms with Crippen LogP contribution in [0.25, 0.3) is 10.2 Å². The van der Waals surface area contributed by atoms with Crippen molar-refractivity contribution in [3.05, 3.63) is 62.8 Å². The number of hydrogen-bond acceptors (Lipinski definition) is 8. The number of thiophene rings is 1. The number of halogens is 1. The lowest BCUT2D eigenvalue weighted by atomic mass is 10.3. The molecule has 4 aromatic rings. The van der Waals surface area contributed by atoms with Crippen molar-refractivity contribution in [3.63, 3.8) is 0 Å². The van der Waals surface area contributed by atoms with Crippen molar-refractivity contribution < 1.29 is 9.15 Å². The second-order valence-electron chi connectivity index (χ2n) is 5.14. The normalized spacial score (nSPS) is 11.1. The van der Waals surface area contributed by atoms with Gasteiger partial charge >= 0.3 is 0 Å². The zero-order valence-electron chi connectivity index (χ0n) is 13.1. The third-order valence-electron chi connectivity index (χ3n) is 3.32. The van der Waals surface area contributed by atoms with E-state index >= 15 is 0 Å². The molecule has 4 rings (SSSR count). The fraction of sp³-hybridized carbons (Fsp3) is 0.125. The van der Waals surface area contributed by atoms with Crippen molar-refractivity contribution >= 4 is 44.9 Å². The average molecular weight is 407 g/mol. The first-order valence-corrected chi connectivity index (χ1v) is 9.71. The van der Waals surface area contributed by atoms with E-state index in [9.17, 15) is 4.79 Å². The highest BCUT2D eigenvalue weighted by Gasteiger charge is 2.10. The highest BCUT2D eigenvalue weighted by molar-refractivity contribution is 7.98. The third-order valence-corrected chi connectivity index (χ3v) is 5.30. The molecule has 0 atom stereocenters. The van der Waals surface area contributed by atoms with Crippen LogP contribution in [0.4, 0.5) is 0 Å². The molecule has 0 aliphatic carbocycles. The Bertz CT molecular complexity index is 1090. The van der Waals surface area contributed by atoms with E-state index in [0.29, 0.717) is 43.7 Å². The molecule has 0 bridgehead atoms. The summed E-state index contributed by atoms with van der Waals surface area (Å²) < 4.78 is 11.7. The number of thioether (sulfide) groups is 1. The molecule has 3 aromatic heterocycles. The van der Waals surface area contributed by atoms with Crippen LogP contribution in [0.3, 0.4) is 0 Å². The van der Waals surface area contributed by atoms with Crippen molar-refractivity contribution in [2.45, 2.75) is 17.6 Å². The fourth-order valence-electron chi connectivity index (χ4n) is 2.15. The van der Waals surface area contributed by atoms with Crippen LogP contribution < -0.4 is 10.3 Å². The summed E-state index contributed by atoms with van der Waals surface area (Å²) in [5.74, 6) is 1.99. The Hall–Kier alpha value is -2.36. The summed E-state index contributed by atoms with van der Waals surface area (Å²) in [6.45, 7) is 0.158. The number of rotatable bonds is 6. The molecule has 3 heterocycles. The lowest BCUT2D eigenvalue weighted by Crippen LogP contribution is -2.09. The van der Waals surface area contributed by atoms with Crippen molar-refractivity contribution in [3.8, 4) is 5.75 Å². The Balaban J connectivity index is 1.37. The van der Waals surface area contributed by atoms with Gasteiger partial charge < -0.3 is 14.1 Å². The maximum absolute atomic E-state index is 11.9. The van der Waals surface area contributed by atoms with Gasteiger partial charge in [0.15, 0.2) is 6.61 Å². The van der Waals surface area contributed by atoms with Gasteiger partial charge in [-0.1, -0.05) is 23.4 Å². The summed E-state index contributed by atoms with van der Waals surface area (Å²) in [6.07, 6.45) is 0. The van der Waals surface area contributed by atoms with E-state index in [-0.39, 0.29) is 12.2 Å². The second kappa shape index (κ2) is 7.48. The Morgan fingerprint density at radius 2 is 2.08 bits per heavy atom. The van der Waals surface area contributed by atoms with Gasteiger partial charge in [0, 0.05) is 5.02 Å². The van der Waals surface area contributed by atoms with E-state index in [1.165, 1.54) is 23.1 Å². The van der Waals surface area contributed by atoms with Gasteiger partial charge in [-0.3, -0.25) is 4.79 Å². The second-order valence-corrected chi connectivity index (χ2v) is 7.42.